The Morgan fingerprint density at radius 1 is 1.00 bits per heavy atom. The first-order valence-corrected chi connectivity index (χ1v) is 14.4. The number of phenols is 1. The van der Waals surface area contributed by atoms with Crippen molar-refractivity contribution in [1.29, 1.82) is 0 Å². The minimum Gasteiger partial charge on any atom is -0.508 e. The van der Waals surface area contributed by atoms with Crippen LogP contribution >= 0.6 is 0 Å². The molecule has 5 rings (SSSR count). The van der Waals surface area contributed by atoms with E-state index in [1.165, 1.54) is 35.2 Å². The summed E-state index contributed by atoms with van der Waals surface area (Å²) in [6.07, 6.45) is 2.90. The summed E-state index contributed by atoms with van der Waals surface area (Å²) in [5.41, 5.74) is -0.208. The van der Waals surface area contributed by atoms with Gasteiger partial charge in [-0.2, -0.15) is 8.42 Å². The minimum atomic E-state index is -4.40. The summed E-state index contributed by atoms with van der Waals surface area (Å²) in [6.45, 7) is 4.52. The summed E-state index contributed by atoms with van der Waals surface area (Å²) >= 11 is 0. The van der Waals surface area contributed by atoms with Crippen molar-refractivity contribution in [2.24, 2.45) is 0 Å². The number of hydrogen-bond acceptors (Lipinski definition) is 9. The molecule has 224 valence electrons. The molecular weight excluding hydrogens is 570 g/mol. The van der Waals surface area contributed by atoms with E-state index in [9.17, 15) is 37.6 Å². The van der Waals surface area contributed by atoms with Crippen LogP contribution in [-0.2, 0) is 34.7 Å². The second-order valence-corrected chi connectivity index (χ2v) is 11.5. The van der Waals surface area contributed by atoms with Gasteiger partial charge in [0.05, 0.1) is 19.8 Å². The molecule has 13 nitrogen and oxygen atoms in total. The standard InChI is InChI=1S/C15H14O5.C13H17N3O5S/c1-9-6-10(13(17)18)8-15(7-9,14(19)20)11-2-4-12(16)5-3-11;17-12-9-16(13(14-12)22(18,19)20)11-3-1-10(2-4-11)15-5-7-21-8-6-15/h2-7,16H,8H2,1H3,(H,17,18)(H,19,20);1-4,13H,5-9H2,(H,14,17)(H,18,19,20). The summed E-state index contributed by atoms with van der Waals surface area (Å²) in [6, 6.07) is 13.0. The number of nitrogens with zero attached hydrogens (tertiary/aromatic N) is 2. The van der Waals surface area contributed by atoms with Crippen LogP contribution in [0.15, 0.2) is 71.8 Å². The summed E-state index contributed by atoms with van der Waals surface area (Å²) < 4.78 is 37.2. The van der Waals surface area contributed by atoms with Crippen LogP contribution in [0.1, 0.15) is 18.9 Å². The fraction of sp³-hybridized carbons (Fsp3) is 0.321. The Morgan fingerprint density at radius 3 is 2.14 bits per heavy atom. The quantitative estimate of drug-likeness (QED) is 0.301. The normalized spacial score (nSPS) is 22.3. The van der Waals surface area contributed by atoms with Crippen molar-refractivity contribution in [2.75, 3.05) is 42.6 Å². The van der Waals surface area contributed by atoms with Gasteiger partial charge in [-0.1, -0.05) is 23.8 Å². The number of nitrogens with one attached hydrogen (secondary N) is 1. The first kappa shape index (κ1) is 30.6. The number of carbonyl (C=O) groups excluding carboxylic acids is 1. The Bertz CT molecular complexity index is 1510. The van der Waals surface area contributed by atoms with Gasteiger partial charge in [0.1, 0.15) is 11.2 Å². The number of carboxylic acid groups (broad SMARTS) is 2. The van der Waals surface area contributed by atoms with E-state index < -0.39 is 38.9 Å². The maximum Gasteiger partial charge on any atom is 0.331 e. The largest absolute Gasteiger partial charge is 0.508 e. The predicted molar refractivity (Wildman–Crippen MR) is 152 cm³/mol. The van der Waals surface area contributed by atoms with Crippen molar-refractivity contribution >= 4 is 39.3 Å². The number of carbonyl (C=O) groups is 3. The van der Waals surface area contributed by atoms with Crippen LogP contribution in [0.4, 0.5) is 11.4 Å². The van der Waals surface area contributed by atoms with Gasteiger partial charge >= 0.3 is 22.1 Å². The van der Waals surface area contributed by atoms with Crippen LogP contribution in [-0.4, -0.2) is 84.5 Å². The molecule has 0 aromatic heterocycles. The fourth-order valence-corrected chi connectivity index (χ4v) is 5.89. The van der Waals surface area contributed by atoms with Gasteiger partial charge in [-0.05, 0) is 55.0 Å². The average Bonchev–Trinajstić information content (AvgIpc) is 3.36. The molecule has 5 N–H and O–H groups in total. The van der Waals surface area contributed by atoms with E-state index in [-0.39, 0.29) is 24.3 Å². The van der Waals surface area contributed by atoms with Gasteiger partial charge in [0, 0.05) is 36.5 Å². The number of rotatable bonds is 6. The summed E-state index contributed by atoms with van der Waals surface area (Å²) in [5, 5.41) is 30.3. The molecular formula is C28H31N3O10S. The summed E-state index contributed by atoms with van der Waals surface area (Å²) in [7, 11) is -4.40. The third kappa shape index (κ3) is 6.73. The van der Waals surface area contributed by atoms with E-state index in [2.05, 4.69) is 10.2 Å². The highest BCUT2D eigenvalue weighted by atomic mass is 32.2. The highest BCUT2D eigenvalue weighted by molar-refractivity contribution is 7.86. The number of carboxylic acids is 2. The molecule has 2 fully saturated rings. The molecule has 42 heavy (non-hydrogen) atoms. The van der Waals surface area contributed by atoms with Gasteiger partial charge in [-0.15, -0.1) is 0 Å². The Kier molecular flexibility index (Phi) is 8.89. The van der Waals surface area contributed by atoms with E-state index in [0.29, 0.717) is 30.0 Å². The third-order valence-corrected chi connectivity index (χ3v) is 8.04. The van der Waals surface area contributed by atoms with Crippen LogP contribution in [0.2, 0.25) is 0 Å². The zero-order chi connectivity index (χ0) is 30.7. The van der Waals surface area contributed by atoms with E-state index in [1.807, 2.05) is 12.1 Å². The summed E-state index contributed by atoms with van der Waals surface area (Å²) in [5.74, 6) is -2.66. The van der Waals surface area contributed by atoms with Crippen LogP contribution in [0, 0.1) is 0 Å². The highest BCUT2D eigenvalue weighted by Crippen LogP contribution is 2.38. The summed E-state index contributed by atoms with van der Waals surface area (Å²) in [4.78, 5) is 37.9. The zero-order valence-corrected chi connectivity index (χ0v) is 23.5. The van der Waals surface area contributed by atoms with E-state index in [4.69, 9.17) is 9.84 Å². The Balaban J connectivity index is 0.000000194. The second kappa shape index (κ2) is 12.2. The number of aliphatic carboxylic acids is 2. The van der Waals surface area contributed by atoms with Crippen molar-refractivity contribution in [3.8, 4) is 5.75 Å². The van der Waals surface area contributed by atoms with Crippen LogP contribution in [0.5, 0.6) is 5.75 Å². The minimum absolute atomic E-state index is 0.0276. The molecule has 2 atom stereocenters. The molecule has 2 aromatic rings. The van der Waals surface area contributed by atoms with Crippen LogP contribution in [0.25, 0.3) is 0 Å². The number of benzene rings is 2. The van der Waals surface area contributed by atoms with Gasteiger partial charge in [0.25, 0.3) is 0 Å². The van der Waals surface area contributed by atoms with Crippen LogP contribution < -0.4 is 15.1 Å². The van der Waals surface area contributed by atoms with Crippen molar-refractivity contribution in [2.45, 2.75) is 24.3 Å². The lowest BCUT2D eigenvalue weighted by Crippen LogP contribution is -2.42. The predicted octanol–water partition coefficient (Wildman–Crippen LogP) is 1.71. The SMILES string of the molecule is CC1=CC(C(=O)O)(c2ccc(O)cc2)CC(C(=O)O)=C1.O=C1CN(c2ccc(N3CCOCC3)cc2)C(S(=O)(=O)O)N1. The van der Waals surface area contributed by atoms with Gasteiger partial charge in [-0.3, -0.25) is 14.1 Å². The Hall–Kier alpha value is -4.40. The molecule has 3 aliphatic rings. The molecule has 14 heteroatoms. The molecule has 2 unspecified atom stereocenters. The van der Waals surface area contributed by atoms with Gasteiger partial charge < -0.3 is 35.2 Å². The maximum atomic E-state index is 11.7. The Labute approximate surface area is 242 Å². The number of aromatic hydroxyl groups is 1. The lowest BCUT2D eigenvalue weighted by Gasteiger charge is -2.30. The van der Waals surface area contributed by atoms with E-state index >= 15 is 0 Å². The van der Waals surface area contributed by atoms with Crippen molar-refractivity contribution < 1.29 is 47.4 Å². The lowest BCUT2D eigenvalue weighted by atomic mass is 9.71. The highest BCUT2D eigenvalue weighted by Gasteiger charge is 2.42. The molecule has 0 spiro atoms. The van der Waals surface area contributed by atoms with Crippen molar-refractivity contribution in [1.82, 2.24) is 5.32 Å². The van der Waals surface area contributed by atoms with Gasteiger partial charge in [-0.25, -0.2) is 4.79 Å². The molecule has 2 aliphatic heterocycles. The Morgan fingerprint density at radius 2 is 1.60 bits per heavy atom. The van der Waals surface area contributed by atoms with Gasteiger partial charge in [0.15, 0.2) is 0 Å². The maximum absolute atomic E-state index is 11.7. The third-order valence-electron chi connectivity index (χ3n) is 7.11. The molecule has 2 heterocycles. The fourth-order valence-electron chi connectivity index (χ4n) is 5.09. The molecule has 0 saturated carbocycles. The average molecular weight is 602 g/mol. The number of anilines is 2. The molecule has 0 radical (unpaired) electrons. The van der Waals surface area contributed by atoms with E-state index in [0.717, 1.165) is 18.8 Å². The molecule has 0 bridgehead atoms. The number of morpholine rings is 1. The van der Waals surface area contributed by atoms with E-state index in [1.54, 1.807) is 25.1 Å². The zero-order valence-electron chi connectivity index (χ0n) is 22.6. The number of hydrogen-bond donors (Lipinski definition) is 5. The molecule has 2 saturated heterocycles. The van der Waals surface area contributed by atoms with Crippen molar-refractivity contribution in [3.05, 3.63) is 77.4 Å². The first-order chi connectivity index (χ1) is 19.8. The molecule has 1 amide bonds. The number of amides is 1. The number of ether oxygens (including phenoxy) is 1. The monoisotopic (exact) mass is 601 g/mol. The second-order valence-electron chi connectivity index (χ2n) is 10.0. The number of allylic oxidation sites excluding steroid dienone is 2. The van der Waals surface area contributed by atoms with Crippen LogP contribution in [0.3, 0.4) is 0 Å². The lowest BCUT2D eigenvalue weighted by molar-refractivity contribution is -0.142. The molecule has 2 aromatic carbocycles. The van der Waals surface area contributed by atoms with Gasteiger partial charge in [0.2, 0.25) is 11.4 Å². The van der Waals surface area contributed by atoms with Crippen molar-refractivity contribution in [3.63, 3.8) is 0 Å². The first-order valence-electron chi connectivity index (χ1n) is 12.9. The smallest absolute Gasteiger partial charge is 0.331 e. The molecule has 1 aliphatic carbocycles. The topological polar surface area (TPSA) is 194 Å². The number of phenolic OH excluding ortho intramolecular Hbond substituents is 1.